The second-order valence-corrected chi connectivity index (χ2v) is 5.09. The molecule has 0 unspecified atom stereocenters. The van der Waals surface area contributed by atoms with Crippen LogP contribution >= 0.6 is 0 Å². The zero-order chi connectivity index (χ0) is 15.8. The van der Waals surface area contributed by atoms with E-state index >= 15 is 0 Å². The first kappa shape index (κ1) is 16.2. The van der Waals surface area contributed by atoms with Crippen LogP contribution < -0.4 is 15.5 Å². The Hall–Kier alpha value is -2.15. The van der Waals surface area contributed by atoms with E-state index in [-0.39, 0.29) is 18.4 Å². The van der Waals surface area contributed by atoms with Gasteiger partial charge < -0.3 is 20.3 Å². The molecule has 0 radical (unpaired) electrons. The maximum atomic E-state index is 12.3. The van der Waals surface area contributed by atoms with Gasteiger partial charge in [0.15, 0.2) is 0 Å². The Morgan fingerprint density at radius 3 is 2.82 bits per heavy atom. The Morgan fingerprint density at radius 2 is 2.09 bits per heavy atom. The Bertz CT molecular complexity index is 515. The minimum absolute atomic E-state index is 0.0586. The normalized spacial score (nSPS) is 14.0. The molecule has 0 spiro atoms. The minimum atomic E-state index is -0.281. The highest BCUT2D eigenvalue weighted by Gasteiger charge is 2.20. The molecule has 7 nitrogen and oxygen atoms in total. The lowest BCUT2D eigenvalue weighted by atomic mass is 10.2. The van der Waals surface area contributed by atoms with Gasteiger partial charge in [0.1, 0.15) is 5.82 Å². The number of nitrogens with zero attached hydrogens (tertiary/aromatic N) is 2. The van der Waals surface area contributed by atoms with Gasteiger partial charge in [-0.25, -0.2) is 4.98 Å². The maximum absolute atomic E-state index is 12.3. The second-order valence-electron chi connectivity index (χ2n) is 5.09. The largest absolute Gasteiger partial charge is 0.383 e. The molecule has 7 heteroatoms. The molecule has 0 saturated carbocycles. The number of pyridine rings is 1. The van der Waals surface area contributed by atoms with Gasteiger partial charge in [-0.2, -0.15) is 0 Å². The smallest absolute Gasteiger partial charge is 0.255 e. The number of rotatable bonds is 7. The highest BCUT2D eigenvalue weighted by Crippen LogP contribution is 2.21. The van der Waals surface area contributed by atoms with Crippen LogP contribution in [0, 0.1) is 0 Å². The van der Waals surface area contributed by atoms with E-state index in [0.717, 1.165) is 25.9 Å². The van der Waals surface area contributed by atoms with Crippen LogP contribution in [0.15, 0.2) is 18.3 Å². The van der Waals surface area contributed by atoms with Crippen molar-refractivity contribution in [1.29, 1.82) is 0 Å². The molecule has 0 aromatic carbocycles. The standard InChI is InChI=1S/C15H22N4O3/c1-22-10-7-16-13(20)11-18-15(21)12-5-4-6-17-14(12)19-8-2-3-9-19/h4-6H,2-3,7-11H2,1H3,(H,16,20)(H,18,21). The van der Waals surface area contributed by atoms with Crippen molar-refractivity contribution in [3.8, 4) is 0 Å². The van der Waals surface area contributed by atoms with Gasteiger partial charge in [0, 0.05) is 32.9 Å². The zero-order valence-electron chi connectivity index (χ0n) is 12.8. The van der Waals surface area contributed by atoms with Gasteiger partial charge in [0.2, 0.25) is 5.91 Å². The molecule has 1 aromatic rings. The van der Waals surface area contributed by atoms with E-state index in [9.17, 15) is 9.59 Å². The zero-order valence-corrected chi connectivity index (χ0v) is 12.8. The van der Waals surface area contributed by atoms with E-state index in [1.165, 1.54) is 0 Å². The molecule has 2 N–H and O–H groups in total. The van der Waals surface area contributed by atoms with Crippen LogP contribution in [-0.4, -0.2) is 56.7 Å². The monoisotopic (exact) mass is 306 g/mol. The first-order chi connectivity index (χ1) is 10.7. The number of ether oxygens (including phenoxy) is 1. The molecule has 22 heavy (non-hydrogen) atoms. The predicted molar refractivity (Wildman–Crippen MR) is 82.9 cm³/mol. The number of aromatic nitrogens is 1. The fourth-order valence-electron chi connectivity index (χ4n) is 2.37. The summed E-state index contributed by atoms with van der Waals surface area (Å²) >= 11 is 0. The van der Waals surface area contributed by atoms with Crippen LogP contribution in [0.2, 0.25) is 0 Å². The Morgan fingerprint density at radius 1 is 1.32 bits per heavy atom. The van der Waals surface area contributed by atoms with Gasteiger partial charge in [0.05, 0.1) is 18.7 Å². The van der Waals surface area contributed by atoms with Crippen molar-refractivity contribution in [2.24, 2.45) is 0 Å². The first-order valence-corrected chi connectivity index (χ1v) is 7.46. The van der Waals surface area contributed by atoms with Crippen LogP contribution in [0.3, 0.4) is 0 Å². The van der Waals surface area contributed by atoms with Crippen LogP contribution in [0.1, 0.15) is 23.2 Å². The summed E-state index contributed by atoms with van der Waals surface area (Å²) in [5.74, 6) is 0.172. The number of methoxy groups -OCH3 is 1. The fraction of sp³-hybridized carbons (Fsp3) is 0.533. The molecule has 1 saturated heterocycles. The molecule has 2 heterocycles. The van der Waals surface area contributed by atoms with Crippen molar-refractivity contribution < 1.29 is 14.3 Å². The van der Waals surface area contributed by atoms with Crippen molar-refractivity contribution in [1.82, 2.24) is 15.6 Å². The SMILES string of the molecule is COCCNC(=O)CNC(=O)c1cccnc1N1CCCC1. The summed E-state index contributed by atoms with van der Waals surface area (Å²) in [6, 6.07) is 3.46. The van der Waals surface area contributed by atoms with Gasteiger partial charge in [0.25, 0.3) is 5.91 Å². The van der Waals surface area contributed by atoms with Crippen molar-refractivity contribution in [2.45, 2.75) is 12.8 Å². The van der Waals surface area contributed by atoms with Crippen LogP contribution in [0.25, 0.3) is 0 Å². The van der Waals surface area contributed by atoms with Gasteiger partial charge in [-0.3, -0.25) is 9.59 Å². The number of hydrogen-bond acceptors (Lipinski definition) is 5. The Kier molecular flexibility index (Phi) is 6.14. The van der Waals surface area contributed by atoms with Gasteiger partial charge >= 0.3 is 0 Å². The minimum Gasteiger partial charge on any atom is -0.383 e. The number of hydrogen-bond donors (Lipinski definition) is 2. The highest BCUT2D eigenvalue weighted by atomic mass is 16.5. The lowest BCUT2D eigenvalue weighted by Crippen LogP contribution is -2.38. The van der Waals surface area contributed by atoms with Crippen molar-refractivity contribution in [3.63, 3.8) is 0 Å². The number of anilines is 1. The fourth-order valence-corrected chi connectivity index (χ4v) is 2.37. The molecule has 2 rings (SSSR count). The molecular weight excluding hydrogens is 284 g/mol. The van der Waals surface area contributed by atoms with Crippen molar-refractivity contribution >= 4 is 17.6 Å². The molecule has 1 aromatic heterocycles. The summed E-state index contributed by atoms with van der Waals surface area (Å²) in [5.41, 5.74) is 0.508. The van der Waals surface area contributed by atoms with E-state index in [2.05, 4.69) is 20.5 Å². The number of nitrogens with one attached hydrogen (secondary N) is 2. The quantitative estimate of drug-likeness (QED) is 0.702. The Balaban J connectivity index is 1.91. The summed E-state index contributed by atoms with van der Waals surface area (Å²) in [4.78, 5) is 30.3. The lowest BCUT2D eigenvalue weighted by Gasteiger charge is -2.19. The summed E-state index contributed by atoms with van der Waals surface area (Å²) in [6.45, 7) is 2.64. The molecule has 1 aliphatic rings. The Labute approximate surface area is 130 Å². The van der Waals surface area contributed by atoms with Crippen LogP contribution in [0.5, 0.6) is 0 Å². The number of carbonyl (C=O) groups excluding carboxylic acids is 2. The maximum Gasteiger partial charge on any atom is 0.255 e. The summed E-state index contributed by atoms with van der Waals surface area (Å²) in [6.07, 6.45) is 3.90. The third-order valence-electron chi connectivity index (χ3n) is 3.47. The number of carbonyl (C=O) groups is 2. The third kappa shape index (κ3) is 4.42. The summed E-state index contributed by atoms with van der Waals surface area (Å²) in [7, 11) is 1.57. The van der Waals surface area contributed by atoms with Crippen molar-refractivity contribution in [2.75, 3.05) is 44.8 Å². The predicted octanol–water partition coefficient (Wildman–Crippen LogP) is 0.174. The molecule has 120 valence electrons. The molecule has 1 aliphatic heterocycles. The number of amides is 2. The van der Waals surface area contributed by atoms with Gasteiger partial charge in [-0.15, -0.1) is 0 Å². The lowest BCUT2D eigenvalue weighted by molar-refractivity contribution is -0.120. The summed E-state index contributed by atoms with van der Waals surface area (Å²) < 4.78 is 4.84. The van der Waals surface area contributed by atoms with E-state index in [1.807, 2.05) is 0 Å². The van der Waals surface area contributed by atoms with Crippen molar-refractivity contribution in [3.05, 3.63) is 23.9 Å². The van der Waals surface area contributed by atoms with E-state index in [0.29, 0.717) is 24.5 Å². The average molecular weight is 306 g/mol. The third-order valence-corrected chi connectivity index (χ3v) is 3.47. The molecule has 1 fully saturated rings. The van der Waals surface area contributed by atoms with E-state index in [4.69, 9.17) is 4.74 Å². The molecule has 0 atom stereocenters. The first-order valence-electron chi connectivity index (χ1n) is 7.46. The average Bonchev–Trinajstić information content (AvgIpc) is 3.07. The molecule has 0 aliphatic carbocycles. The molecular formula is C15H22N4O3. The molecule has 2 amide bonds. The topological polar surface area (TPSA) is 83.6 Å². The second kappa shape index (κ2) is 8.33. The summed E-state index contributed by atoms with van der Waals surface area (Å²) in [5, 5.41) is 5.29. The van der Waals surface area contributed by atoms with Gasteiger partial charge in [-0.05, 0) is 25.0 Å². The van der Waals surface area contributed by atoms with Crippen LogP contribution in [0.4, 0.5) is 5.82 Å². The molecule has 0 bridgehead atoms. The highest BCUT2D eigenvalue weighted by molar-refractivity contribution is 6.00. The van der Waals surface area contributed by atoms with E-state index < -0.39 is 0 Å². The van der Waals surface area contributed by atoms with Gasteiger partial charge in [-0.1, -0.05) is 0 Å². The van der Waals surface area contributed by atoms with Crippen LogP contribution in [-0.2, 0) is 9.53 Å². The van der Waals surface area contributed by atoms with E-state index in [1.54, 1.807) is 25.4 Å².